The quantitative estimate of drug-likeness (QED) is 0.753. The first-order valence-corrected chi connectivity index (χ1v) is 9.50. The molecule has 142 valence electrons. The summed E-state index contributed by atoms with van der Waals surface area (Å²) in [5, 5.41) is 0. The Kier molecular flexibility index (Phi) is 6.27. The molecule has 2 saturated heterocycles. The van der Waals surface area contributed by atoms with E-state index in [0.29, 0.717) is 19.5 Å². The van der Waals surface area contributed by atoms with Gasteiger partial charge in [0.25, 0.3) is 0 Å². The fraction of sp³-hybridized carbons (Fsp3) is 0.600. The summed E-state index contributed by atoms with van der Waals surface area (Å²) in [4.78, 5) is 33.2. The van der Waals surface area contributed by atoms with Gasteiger partial charge < -0.3 is 14.7 Å². The van der Waals surface area contributed by atoms with Gasteiger partial charge in [0.15, 0.2) is 0 Å². The van der Waals surface area contributed by atoms with Gasteiger partial charge in [-0.15, -0.1) is 0 Å². The summed E-state index contributed by atoms with van der Waals surface area (Å²) < 4.78 is 0. The summed E-state index contributed by atoms with van der Waals surface area (Å²) in [6, 6.07) is 10.4. The molecule has 0 spiro atoms. The molecule has 1 aromatic rings. The number of benzene rings is 1. The van der Waals surface area contributed by atoms with Crippen LogP contribution < -0.4 is 0 Å². The lowest BCUT2D eigenvalue weighted by atomic mass is 10.1. The minimum atomic E-state index is -0.162. The van der Waals surface area contributed by atoms with E-state index in [1.54, 1.807) is 0 Å². The number of carbonyl (C=O) groups excluding carboxylic acids is 2. The second kappa shape index (κ2) is 8.64. The summed E-state index contributed by atoms with van der Waals surface area (Å²) >= 11 is 0. The molecular formula is C20H30N4O2. The molecule has 1 aromatic carbocycles. The van der Waals surface area contributed by atoms with Crippen LogP contribution in [0.4, 0.5) is 0 Å². The van der Waals surface area contributed by atoms with E-state index in [0.717, 1.165) is 39.3 Å². The van der Waals surface area contributed by atoms with Crippen LogP contribution >= 0.6 is 0 Å². The SMILES string of the molecule is CN(C)CCN1CC(C(=O)N2CCN(Cc3ccccc3)CC2)CC1=O. The molecule has 2 aliphatic rings. The van der Waals surface area contributed by atoms with Gasteiger partial charge in [0.1, 0.15) is 0 Å². The Bertz CT molecular complexity index is 611. The van der Waals surface area contributed by atoms with Crippen LogP contribution in [-0.2, 0) is 16.1 Å². The summed E-state index contributed by atoms with van der Waals surface area (Å²) in [6.45, 7) is 6.36. The van der Waals surface area contributed by atoms with Gasteiger partial charge in [0, 0.05) is 58.8 Å². The Labute approximate surface area is 156 Å². The highest BCUT2D eigenvalue weighted by molar-refractivity contribution is 5.89. The summed E-state index contributed by atoms with van der Waals surface area (Å²) in [5.74, 6) is 0.114. The molecule has 0 radical (unpaired) electrons. The van der Waals surface area contributed by atoms with Gasteiger partial charge in [0.2, 0.25) is 11.8 Å². The van der Waals surface area contributed by atoms with Crippen molar-refractivity contribution in [1.29, 1.82) is 0 Å². The molecular weight excluding hydrogens is 328 g/mol. The number of nitrogens with zero attached hydrogens (tertiary/aromatic N) is 4. The third-order valence-corrected chi connectivity index (χ3v) is 5.31. The summed E-state index contributed by atoms with van der Waals surface area (Å²) in [7, 11) is 4.00. The molecule has 0 bridgehead atoms. The third kappa shape index (κ3) is 4.83. The van der Waals surface area contributed by atoms with Crippen molar-refractivity contribution in [2.24, 2.45) is 5.92 Å². The van der Waals surface area contributed by atoms with Gasteiger partial charge in [0.05, 0.1) is 5.92 Å². The number of likely N-dealkylation sites (tertiary alicyclic amines) is 1. The number of amides is 2. The monoisotopic (exact) mass is 358 g/mol. The molecule has 3 rings (SSSR count). The van der Waals surface area contributed by atoms with E-state index in [2.05, 4.69) is 34.1 Å². The molecule has 0 saturated carbocycles. The van der Waals surface area contributed by atoms with E-state index in [9.17, 15) is 9.59 Å². The van der Waals surface area contributed by atoms with E-state index in [4.69, 9.17) is 0 Å². The Morgan fingerprint density at radius 1 is 1.12 bits per heavy atom. The van der Waals surface area contributed by atoms with E-state index < -0.39 is 0 Å². The van der Waals surface area contributed by atoms with Gasteiger partial charge in [-0.1, -0.05) is 30.3 Å². The second-order valence-corrected chi connectivity index (χ2v) is 7.63. The Morgan fingerprint density at radius 3 is 2.46 bits per heavy atom. The second-order valence-electron chi connectivity index (χ2n) is 7.63. The van der Waals surface area contributed by atoms with Crippen molar-refractivity contribution in [3.8, 4) is 0 Å². The van der Waals surface area contributed by atoms with Crippen LogP contribution in [0.5, 0.6) is 0 Å². The maximum absolute atomic E-state index is 12.8. The van der Waals surface area contributed by atoms with Gasteiger partial charge in [-0.05, 0) is 19.7 Å². The molecule has 2 heterocycles. The minimum absolute atomic E-state index is 0.118. The van der Waals surface area contributed by atoms with Gasteiger partial charge in [-0.3, -0.25) is 14.5 Å². The summed E-state index contributed by atoms with van der Waals surface area (Å²) in [5.41, 5.74) is 1.31. The smallest absolute Gasteiger partial charge is 0.228 e. The molecule has 2 amide bonds. The molecule has 0 N–H and O–H groups in total. The number of hydrogen-bond acceptors (Lipinski definition) is 4. The molecule has 2 aliphatic heterocycles. The molecule has 6 heteroatoms. The van der Waals surface area contributed by atoms with Crippen molar-refractivity contribution in [3.05, 3.63) is 35.9 Å². The number of hydrogen-bond donors (Lipinski definition) is 0. The first kappa shape index (κ1) is 18.9. The normalized spacial score (nSPS) is 21.7. The van der Waals surface area contributed by atoms with Crippen LogP contribution in [-0.4, -0.2) is 91.3 Å². The topological polar surface area (TPSA) is 47.1 Å². The van der Waals surface area contributed by atoms with Crippen LogP contribution in [0, 0.1) is 5.92 Å². The number of piperazine rings is 1. The Morgan fingerprint density at radius 2 is 1.81 bits per heavy atom. The van der Waals surface area contributed by atoms with E-state index in [1.165, 1.54) is 5.56 Å². The zero-order chi connectivity index (χ0) is 18.5. The maximum atomic E-state index is 12.8. The number of likely N-dealkylation sites (N-methyl/N-ethyl adjacent to an activating group) is 1. The van der Waals surface area contributed by atoms with Crippen molar-refractivity contribution in [1.82, 2.24) is 19.6 Å². The van der Waals surface area contributed by atoms with Crippen LogP contribution in [0.25, 0.3) is 0 Å². The Balaban J connectivity index is 1.46. The van der Waals surface area contributed by atoms with Gasteiger partial charge >= 0.3 is 0 Å². The Hall–Kier alpha value is -1.92. The molecule has 0 aliphatic carbocycles. The fourth-order valence-corrected chi connectivity index (χ4v) is 3.70. The van der Waals surface area contributed by atoms with E-state index in [-0.39, 0.29) is 17.7 Å². The van der Waals surface area contributed by atoms with E-state index >= 15 is 0 Å². The first-order valence-electron chi connectivity index (χ1n) is 9.50. The standard InChI is InChI=1S/C20H30N4O2/c1-21(2)8-11-24-16-18(14-19(24)25)20(26)23-12-9-22(10-13-23)15-17-6-4-3-5-7-17/h3-7,18H,8-16H2,1-2H3. The van der Waals surface area contributed by atoms with Crippen molar-refractivity contribution in [2.75, 3.05) is 59.9 Å². The van der Waals surface area contributed by atoms with Crippen LogP contribution in [0.2, 0.25) is 0 Å². The highest BCUT2D eigenvalue weighted by Gasteiger charge is 2.37. The molecule has 26 heavy (non-hydrogen) atoms. The molecule has 2 fully saturated rings. The number of rotatable bonds is 6. The zero-order valence-corrected chi connectivity index (χ0v) is 15.9. The van der Waals surface area contributed by atoms with E-state index in [1.807, 2.05) is 30.0 Å². The predicted molar refractivity (Wildman–Crippen MR) is 102 cm³/mol. The van der Waals surface area contributed by atoms with Gasteiger partial charge in [-0.2, -0.15) is 0 Å². The van der Waals surface area contributed by atoms with Crippen molar-refractivity contribution in [3.63, 3.8) is 0 Å². The average molecular weight is 358 g/mol. The minimum Gasteiger partial charge on any atom is -0.341 e. The maximum Gasteiger partial charge on any atom is 0.228 e. The summed E-state index contributed by atoms with van der Waals surface area (Å²) in [6.07, 6.45) is 0.372. The first-order chi connectivity index (χ1) is 12.5. The number of carbonyl (C=O) groups is 2. The van der Waals surface area contributed by atoms with Crippen LogP contribution in [0.1, 0.15) is 12.0 Å². The molecule has 1 atom stereocenters. The fourth-order valence-electron chi connectivity index (χ4n) is 3.70. The van der Waals surface area contributed by atoms with Crippen LogP contribution in [0.15, 0.2) is 30.3 Å². The lowest BCUT2D eigenvalue weighted by molar-refractivity contribution is -0.137. The van der Waals surface area contributed by atoms with Crippen molar-refractivity contribution >= 4 is 11.8 Å². The van der Waals surface area contributed by atoms with Crippen molar-refractivity contribution < 1.29 is 9.59 Å². The largest absolute Gasteiger partial charge is 0.341 e. The van der Waals surface area contributed by atoms with Crippen molar-refractivity contribution in [2.45, 2.75) is 13.0 Å². The molecule has 0 aromatic heterocycles. The van der Waals surface area contributed by atoms with Crippen LogP contribution in [0.3, 0.4) is 0 Å². The highest BCUT2D eigenvalue weighted by Crippen LogP contribution is 2.21. The predicted octanol–water partition coefficient (Wildman–Crippen LogP) is 0.741. The lowest BCUT2D eigenvalue weighted by Gasteiger charge is -2.36. The third-order valence-electron chi connectivity index (χ3n) is 5.31. The highest BCUT2D eigenvalue weighted by atomic mass is 16.2. The lowest BCUT2D eigenvalue weighted by Crippen LogP contribution is -2.50. The molecule has 1 unspecified atom stereocenters. The van der Waals surface area contributed by atoms with Gasteiger partial charge in [-0.25, -0.2) is 0 Å². The molecule has 6 nitrogen and oxygen atoms in total. The average Bonchev–Trinajstić information content (AvgIpc) is 3.02. The zero-order valence-electron chi connectivity index (χ0n) is 15.9.